The lowest BCUT2D eigenvalue weighted by Gasteiger charge is -2.32. The lowest BCUT2D eigenvalue weighted by Crippen LogP contribution is -2.39. The van der Waals surface area contributed by atoms with Crippen LogP contribution in [0.15, 0.2) is 36.9 Å². The zero-order valence-corrected chi connectivity index (χ0v) is 12.6. The molecule has 1 aromatic rings. The first-order chi connectivity index (χ1) is 10.6. The molecule has 0 N–H and O–H groups in total. The first-order valence-corrected chi connectivity index (χ1v) is 7.81. The predicted molar refractivity (Wildman–Crippen MR) is 80.8 cm³/mol. The Hall–Kier alpha value is -1.94. The number of hydrogen-bond acceptors (Lipinski definition) is 3. The summed E-state index contributed by atoms with van der Waals surface area (Å²) in [6.45, 7) is 3.76. The van der Waals surface area contributed by atoms with Crippen LogP contribution in [-0.4, -0.2) is 23.8 Å². The molecule has 0 radical (unpaired) electrons. The van der Waals surface area contributed by atoms with Crippen LogP contribution in [0, 0.1) is 11.8 Å². The quantitative estimate of drug-likeness (QED) is 0.487. The van der Waals surface area contributed by atoms with Crippen LogP contribution >= 0.6 is 0 Å². The van der Waals surface area contributed by atoms with Crippen molar-refractivity contribution in [3.8, 4) is 0 Å². The van der Waals surface area contributed by atoms with Crippen LogP contribution in [0.3, 0.4) is 0 Å². The molecule has 3 aliphatic heterocycles. The van der Waals surface area contributed by atoms with Gasteiger partial charge >= 0.3 is 0 Å². The molecule has 0 aliphatic carbocycles. The van der Waals surface area contributed by atoms with E-state index in [4.69, 9.17) is 4.74 Å². The highest BCUT2D eigenvalue weighted by atomic mass is 16.5. The van der Waals surface area contributed by atoms with Gasteiger partial charge in [0.1, 0.15) is 5.60 Å². The fourth-order valence-corrected chi connectivity index (χ4v) is 4.48. The fourth-order valence-electron chi connectivity index (χ4n) is 4.48. The van der Waals surface area contributed by atoms with E-state index in [-0.39, 0.29) is 29.8 Å². The molecule has 4 rings (SSSR count). The van der Waals surface area contributed by atoms with Crippen LogP contribution < -0.4 is 0 Å². The first kappa shape index (κ1) is 13.7. The second-order valence-electron chi connectivity index (χ2n) is 6.44. The van der Waals surface area contributed by atoms with Crippen LogP contribution in [0.5, 0.6) is 0 Å². The summed E-state index contributed by atoms with van der Waals surface area (Å²) < 4.78 is 6.33. The number of carbonyl (C=O) groups excluding carboxylic acids is 2. The Bertz CT molecular complexity index is 683. The molecule has 2 amide bonds. The molecule has 4 atom stereocenters. The Kier molecular flexibility index (Phi) is 2.82. The molecule has 2 saturated heterocycles. The molecule has 22 heavy (non-hydrogen) atoms. The number of likely N-dealkylation sites (tertiary alicyclic amines) is 1. The number of allylic oxidation sites excluding steroid dienone is 1. The van der Waals surface area contributed by atoms with Crippen LogP contribution in [-0.2, 0) is 19.9 Å². The van der Waals surface area contributed by atoms with Gasteiger partial charge in [0.05, 0.1) is 17.9 Å². The number of unbranched alkanes of at least 4 members (excludes halogenated alkanes) is 1. The summed E-state index contributed by atoms with van der Waals surface area (Å²) in [5, 5.41) is 0. The van der Waals surface area contributed by atoms with E-state index in [0.29, 0.717) is 0 Å². The van der Waals surface area contributed by atoms with Gasteiger partial charge in [0.15, 0.2) is 0 Å². The molecule has 0 spiro atoms. The summed E-state index contributed by atoms with van der Waals surface area (Å²) >= 11 is 0. The summed E-state index contributed by atoms with van der Waals surface area (Å²) in [6, 6.07) is 8.04. The Morgan fingerprint density at radius 1 is 1.32 bits per heavy atom. The number of fused-ring (bicyclic) bond motifs is 8. The van der Waals surface area contributed by atoms with Gasteiger partial charge in [0.2, 0.25) is 11.8 Å². The SMILES string of the molecule is C=CCCCC12O[C@H](c3ccccc31)[C@H]1C(=O)N(C)C(=O)[C@H]12. The number of carbonyl (C=O) groups is 2. The zero-order chi connectivity index (χ0) is 15.5. The van der Waals surface area contributed by atoms with E-state index in [2.05, 4.69) is 12.6 Å². The number of amides is 2. The molecule has 4 heteroatoms. The van der Waals surface area contributed by atoms with Crippen LogP contribution in [0.2, 0.25) is 0 Å². The summed E-state index contributed by atoms with van der Waals surface area (Å²) in [5.41, 5.74) is 1.55. The molecule has 2 fully saturated rings. The lowest BCUT2D eigenvalue weighted by atomic mass is 9.68. The molecular weight excluding hydrogens is 278 g/mol. The van der Waals surface area contributed by atoms with Crippen molar-refractivity contribution in [3.63, 3.8) is 0 Å². The summed E-state index contributed by atoms with van der Waals surface area (Å²) in [6.07, 6.45) is 4.15. The predicted octanol–water partition coefficient (Wildman–Crippen LogP) is 2.55. The topological polar surface area (TPSA) is 46.6 Å². The Balaban J connectivity index is 1.84. The summed E-state index contributed by atoms with van der Waals surface area (Å²) in [7, 11) is 1.59. The maximum Gasteiger partial charge on any atom is 0.236 e. The van der Waals surface area contributed by atoms with Crippen molar-refractivity contribution in [2.45, 2.75) is 31.0 Å². The van der Waals surface area contributed by atoms with E-state index >= 15 is 0 Å². The molecule has 1 unspecified atom stereocenters. The monoisotopic (exact) mass is 297 g/mol. The largest absolute Gasteiger partial charge is 0.361 e. The maximum absolute atomic E-state index is 12.6. The minimum absolute atomic E-state index is 0.0920. The van der Waals surface area contributed by atoms with Crippen molar-refractivity contribution in [1.82, 2.24) is 4.90 Å². The van der Waals surface area contributed by atoms with Gasteiger partial charge in [-0.3, -0.25) is 14.5 Å². The van der Waals surface area contributed by atoms with Gasteiger partial charge in [-0.05, 0) is 30.4 Å². The minimum atomic E-state index is -0.633. The lowest BCUT2D eigenvalue weighted by molar-refractivity contribution is -0.145. The molecule has 1 aromatic carbocycles. The van der Waals surface area contributed by atoms with Crippen LogP contribution in [0.4, 0.5) is 0 Å². The van der Waals surface area contributed by atoms with Crippen molar-refractivity contribution in [2.24, 2.45) is 11.8 Å². The maximum atomic E-state index is 12.6. The number of ether oxygens (including phenoxy) is 1. The van der Waals surface area contributed by atoms with Gasteiger partial charge in [-0.25, -0.2) is 0 Å². The van der Waals surface area contributed by atoms with Crippen molar-refractivity contribution in [3.05, 3.63) is 48.0 Å². The third-order valence-electron chi connectivity index (χ3n) is 5.42. The van der Waals surface area contributed by atoms with E-state index in [0.717, 1.165) is 30.4 Å². The summed E-state index contributed by atoms with van der Waals surface area (Å²) in [5.74, 6) is -0.906. The molecular formula is C18H19NO3. The highest BCUT2D eigenvalue weighted by molar-refractivity contribution is 6.06. The normalized spacial score (nSPS) is 35.0. The van der Waals surface area contributed by atoms with Gasteiger partial charge in [0, 0.05) is 7.05 Å². The van der Waals surface area contributed by atoms with Crippen molar-refractivity contribution < 1.29 is 14.3 Å². The van der Waals surface area contributed by atoms with Gasteiger partial charge in [-0.15, -0.1) is 6.58 Å². The second-order valence-corrected chi connectivity index (χ2v) is 6.44. The van der Waals surface area contributed by atoms with Gasteiger partial charge in [0.25, 0.3) is 0 Å². The Labute approximate surface area is 129 Å². The number of benzene rings is 1. The van der Waals surface area contributed by atoms with E-state index in [1.807, 2.05) is 24.3 Å². The standard InChI is InChI=1S/C18H19NO3/c1-3-4-7-10-18-12-9-6-5-8-11(12)15(22-18)13-14(18)17(21)19(2)16(13)20/h3,5-6,8-9,13-15H,1,4,7,10H2,2H3/t13-,14-,15+,18?/m0/s1. The van der Waals surface area contributed by atoms with Gasteiger partial charge in [-0.2, -0.15) is 0 Å². The van der Waals surface area contributed by atoms with E-state index in [9.17, 15) is 9.59 Å². The average molecular weight is 297 g/mol. The third-order valence-corrected chi connectivity index (χ3v) is 5.42. The van der Waals surface area contributed by atoms with Crippen molar-refractivity contribution in [2.75, 3.05) is 7.05 Å². The first-order valence-electron chi connectivity index (χ1n) is 7.81. The highest BCUT2D eigenvalue weighted by Gasteiger charge is 2.70. The van der Waals surface area contributed by atoms with Crippen molar-refractivity contribution in [1.29, 1.82) is 0 Å². The van der Waals surface area contributed by atoms with Crippen molar-refractivity contribution >= 4 is 11.8 Å². The number of nitrogens with zero attached hydrogens (tertiary/aromatic N) is 1. The molecule has 3 heterocycles. The molecule has 2 bridgehead atoms. The van der Waals surface area contributed by atoms with Gasteiger partial charge in [-0.1, -0.05) is 30.3 Å². The fraction of sp³-hybridized carbons (Fsp3) is 0.444. The zero-order valence-electron chi connectivity index (χ0n) is 12.6. The second kappa shape index (κ2) is 4.53. The van der Waals surface area contributed by atoms with E-state index in [1.54, 1.807) is 7.05 Å². The molecule has 3 aliphatic rings. The number of rotatable bonds is 4. The highest BCUT2D eigenvalue weighted by Crippen LogP contribution is 2.65. The molecule has 0 aromatic heterocycles. The molecule has 114 valence electrons. The summed E-state index contributed by atoms with van der Waals surface area (Å²) in [4.78, 5) is 26.4. The van der Waals surface area contributed by atoms with E-state index in [1.165, 1.54) is 4.90 Å². The minimum Gasteiger partial charge on any atom is -0.361 e. The third kappa shape index (κ3) is 1.46. The molecule has 4 nitrogen and oxygen atoms in total. The van der Waals surface area contributed by atoms with Crippen LogP contribution in [0.25, 0.3) is 0 Å². The number of imide groups is 1. The Morgan fingerprint density at radius 2 is 2.09 bits per heavy atom. The van der Waals surface area contributed by atoms with Crippen LogP contribution in [0.1, 0.15) is 36.5 Å². The number of hydrogen-bond donors (Lipinski definition) is 0. The average Bonchev–Trinajstić information content (AvgIpc) is 3.11. The smallest absolute Gasteiger partial charge is 0.236 e. The molecule has 0 saturated carbocycles. The Morgan fingerprint density at radius 3 is 2.86 bits per heavy atom. The van der Waals surface area contributed by atoms with Gasteiger partial charge < -0.3 is 4.74 Å². The van der Waals surface area contributed by atoms with E-state index < -0.39 is 5.60 Å².